The van der Waals surface area contributed by atoms with E-state index in [1.165, 1.54) is 33.7 Å². The van der Waals surface area contributed by atoms with Crippen molar-refractivity contribution >= 4 is 21.4 Å². The largest absolute Gasteiger partial charge is 0.491 e. The average molecular weight is 344 g/mol. The Bertz CT molecular complexity index is 895. The fraction of sp³-hybridized carbons (Fsp3) is 0.353. The number of nitrogens with one attached hydrogen (secondary N) is 1. The standard InChI is InChI=1S/C17H20N4O2S/c1-17(2,3)12-6-4-5-7-13(12)23-11-10-18-15-20-21-14(22)8-9-19-16(21)24-15/h4-9H,10-11H2,1-3H3,(H,18,20). The Morgan fingerprint density at radius 1 is 1.25 bits per heavy atom. The molecule has 7 heteroatoms. The third-order valence-electron chi connectivity index (χ3n) is 3.50. The van der Waals surface area contributed by atoms with Crippen molar-refractivity contribution in [2.24, 2.45) is 0 Å². The molecule has 126 valence electrons. The lowest BCUT2D eigenvalue weighted by Gasteiger charge is -2.22. The predicted octanol–water partition coefficient (Wildman–Crippen LogP) is 2.94. The van der Waals surface area contributed by atoms with Crippen LogP contribution in [-0.4, -0.2) is 27.7 Å². The maximum Gasteiger partial charge on any atom is 0.275 e. The minimum Gasteiger partial charge on any atom is -0.491 e. The highest BCUT2D eigenvalue weighted by Gasteiger charge is 2.18. The zero-order chi connectivity index (χ0) is 17.2. The minimum absolute atomic E-state index is 0.0316. The predicted molar refractivity (Wildman–Crippen MR) is 96.3 cm³/mol. The molecule has 2 aromatic heterocycles. The van der Waals surface area contributed by atoms with Crippen LogP contribution in [0.3, 0.4) is 0 Å². The van der Waals surface area contributed by atoms with Gasteiger partial charge in [0.25, 0.3) is 5.56 Å². The maximum atomic E-state index is 11.7. The molecule has 6 nitrogen and oxygen atoms in total. The molecule has 0 bridgehead atoms. The molecule has 0 radical (unpaired) electrons. The van der Waals surface area contributed by atoms with E-state index in [1.54, 1.807) is 0 Å². The summed E-state index contributed by atoms with van der Waals surface area (Å²) in [5, 5.41) is 8.03. The van der Waals surface area contributed by atoms with Crippen molar-refractivity contribution in [3.8, 4) is 5.75 Å². The Balaban J connectivity index is 1.61. The molecule has 0 aliphatic heterocycles. The summed E-state index contributed by atoms with van der Waals surface area (Å²) in [5.74, 6) is 0.897. The highest BCUT2D eigenvalue weighted by Crippen LogP contribution is 2.30. The topological polar surface area (TPSA) is 68.5 Å². The third-order valence-corrected chi connectivity index (χ3v) is 4.38. The average Bonchev–Trinajstić information content (AvgIpc) is 2.95. The Hall–Kier alpha value is -2.41. The number of benzene rings is 1. The van der Waals surface area contributed by atoms with Gasteiger partial charge in [-0.1, -0.05) is 50.3 Å². The number of para-hydroxylation sites is 1. The summed E-state index contributed by atoms with van der Waals surface area (Å²) in [6.07, 6.45) is 1.49. The number of hydrogen-bond donors (Lipinski definition) is 1. The molecule has 3 aromatic rings. The molecule has 0 unspecified atom stereocenters. The van der Waals surface area contributed by atoms with E-state index in [4.69, 9.17) is 4.74 Å². The van der Waals surface area contributed by atoms with Crippen molar-refractivity contribution in [2.75, 3.05) is 18.5 Å². The molecule has 1 N–H and O–H groups in total. The fourth-order valence-electron chi connectivity index (χ4n) is 2.35. The van der Waals surface area contributed by atoms with Crippen LogP contribution in [0.15, 0.2) is 41.3 Å². The highest BCUT2D eigenvalue weighted by atomic mass is 32.1. The van der Waals surface area contributed by atoms with Gasteiger partial charge >= 0.3 is 0 Å². The SMILES string of the molecule is CC(C)(C)c1ccccc1OCCNc1nn2c(=O)ccnc2s1. The van der Waals surface area contributed by atoms with E-state index in [9.17, 15) is 4.79 Å². The van der Waals surface area contributed by atoms with Gasteiger partial charge in [-0.3, -0.25) is 4.79 Å². The van der Waals surface area contributed by atoms with Crippen LogP contribution < -0.4 is 15.6 Å². The molecular formula is C17H20N4O2S. The Labute approximate surface area is 144 Å². The van der Waals surface area contributed by atoms with E-state index in [1.807, 2.05) is 18.2 Å². The van der Waals surface area contributed by atoms with Gasteiger partial charge in [-0.2, -0.15) is 4.52 Å². The van der Waals surface area contributed by atoms with Crippen LogP contribution in [0.4, 0.5) is 5.13 Å². The van der Waals surface area contributed by atoms with Gasteiger partial charge in [-0.25, -0.2) is 4.98 Å². The Morgan fingerprint density at radius 2 is 2.04 bits per heavy atom. The molecule has 3 rings (SSSR count). The van der Waals surface area contributed by atoms with E-state index in [2.05, 4.69) is 42.2 Å². The van der Waals surface area contributed by atoms with Gasteiger partial charge in [0.05, 0.1) is 6.54 Å². The molecule has 24 heavy (non-hydrogen) atoms. The first-order valence-corrected chi connectivity index (χ1v) is 8.58. The van der Waals surface area contributed by atoms with Crippen LogP contribution in [0.2, 0.25) is 0 Å². The summed E-state index contributed by atoms with van der Waals surface area (Å²) in [4.78, 5) is 16.4. The lowest BCUT2D eigenvalue weighted by atomic mass is 9.86. The van der Waals surface area contributed by atoms with Crippen LogP contribution >= 0.6 is 11.3 Å². The second-order valence-corrected chi connectivity index (χ2v) is 7.36. The number of aromatic nitrogens is 3. The molecule has 0 saturated carbocycles. The number of hydrogen-bond acceptors (Lipinski definition) is 6. The van der Waals surface area contributed by atoms with Gasteiger partial charge in [0, 0.05) is 12.3 Å². The Morgan fingerprint density at radius 3 is 2.79 bits per heavy atom. The maximum absolute atomic E-state index is 11.7. The molecule has 0 fully saturated rings. The van der Waals surface area contributed by atoms with Crippen molar-refractivity contribution in [1.29, 1.82) is 0 Å². The first kappa shape index (κ1) is 16.4. The van der Waals surface area contributed by atoms with Gasteiger partial charge in [-0.05, 0) is 17.0 Å². The summed E-state index contributed by atoms with van der Waals surface area (Å²) in [7, 11) is 0. The molecule has 0 atom stereocenters. The lowest BCUT2D eigenvalue weighted by Crippen LogP contribution is -2.17. The zero-order valence-corrected chi connectivity index (χ0v) is 14.8. The first-order chi connectivity index (χ1) is 11.4. The fourth-order valence-corrected chi connectivity index (χ4v) is 3.15. The zero-order valence-electron chi connectivity index (χ0n) is 13.9. The van der Waals surface area contributed by atoms with Crippen LogP contribution in [0, 0.1) is 0 Å². The highest BCUT2D eigenvalue weighted by molar-refractivity contribution is 7.20. The summed E-state index contributed by atoms with van der Waals surface area (Å²) in [6.45, 7) is 7.59. The number of anilines is 1. The minimum atomic E-state index is -0.181. The monoisotopic (exact) mass is 344 g/mol. The molecule has 0 saturated heterocycles. The van der Waals surface area contributed by atoms with Crippen molar-refractivity contribution in [2.45, 2.75) is 26.2 Å². The van der Waals surface area contributed by atoms with Crippen molar-refractivity contribution in [3.05, 3.63) is 52.4 Å². The van der Waals surface area contributed by atoms with Crippen molar-refractivity contribution < 1.29 is 4.74 Å². The van der Waals surface area contributed by atoms with Crippen LogP contribution in [-0.2, 0) is 5.41 Å². The first-order valence-electron chi connectivity index (χ1n) is 7.76. The third kappa shape index (κ3) is 3.56. The lowest BCUT2D eigenvalue weighted by molar-refractivity contribution is 0.323. The van der Waals surface area contributed by atoms with Crippen LogP contribution in [0.5, 0.6) is 5.75 Å². The number of fused-ring (bicyclic) bond motifs is 1. The van der Waals surface area contributed by atoms with E-state index < -0.39 is 0 Å². The second kappa shape index (κ2) is 6.60. The molecule has 0 spiro atoms. The van der Waals surface area contributed by atoms with Gasteiger partial charge in [0.15, 0.2) is 0 Å². The number of rotatable bonds is 5. The number of nitrogens with zero attached hydrogens (tertiary/aromatic N) is 3. The van der Waals surface area contributed by atoms with Crippen LogP contribution in [0.25, 0.3) is 4.96 Å². The van der Waals surface area contributed by atoms with E-state index in [-0.39, 0.29) is 11.0 Å². The summed E-state index contributed by atoms with van der Waals surface area (Å²) in [6, 6.07) is 9.47. The molecule has 0 aliphatic rings. The summed E-state index contributed by atoms with van der Waals surface area (Å²) < 4.78 is 7.21. The van der Waals surface area contributed by atoms with E-state index in [0.29, 0.717) is 23.2 Å². The van der Waals surface area contributed by atoms with Gasteiger partial charge in [0.2, 0.25) is 10.1 Å². The van der Waals surface area contributed by atoms with Gasteiger partial charge in [-0.15, -0.1) is 5.10 Å². The van der Waals surface area contributed by atoms with Crippen molar-refractivity contribution in [1.82, 2.24) is 14.6 Å². The van der Waals surface area contributed by atoms with Crippen molar-refractivity contribution in [3.63, 3.8) is 0 Å². The normalized spacial score (nSPS) is 11.6. The van der Waals surface area contributed by atoms with E-state index in [0.717, 1.165) is 5.75 Å². The molecular weight excluding hydrogens is 324 g/mol. The number of ether oxygens (including phenoxy) is 1. The molecule has 0 aliphatic carbocycles. The molecule has 0 amide bonds. The quantitative estimate of drug-likeness (QED) is 0.721. The smallest absolute Gasteiger partial charge is 0.275 e. The van der Waals surface area contributed by atoms with Gasteiger partial charge in [0.1, 0.15) is 12.4 Å². The van der Waals surface area contributed by atoms with Crippen LogP contribution in [0.1, 0.15) is 26.3 Å². The molecule has 2 heterocycles. The van der Waals surface area contributed by atoms with Gasteiger partial charge < -0.3 is 10.1 Å². The Kier molecular flexibility index (Phi) is 4.53. The second-order valence-electron chi connectivity index (χ2n) is 6.41. The molecule has 1 aromatic carbocycles. The van der Waals surface area contributed by atoms with E-state index >= 15 is 0 Å². The summed E-state index contributed by atoms with van der Waals surface area (Å²) in [5.41, 5.74) is 1.03. The summed E-state index contributed by atoms with van der Waals surface area (Å²) >= 11 is 1.34.